The molecule has 0 aromatic heterocycles. The average molecular weight is 225 g/mol. The number of rotatable bonds is 7. The first-order valence-electron chi connectivity index (χ1n) is 5.86. The third-order valence-electron chi connectivity index (χ3n) is 2.32. The highest BCUT2D eigenvalue weighted by Crippen LogP contribution is 2.17. The second-order valence-electron chi connectivity index (χ2n) is 3.90. The van der Waals surface area contributed by atoms with Crippen LogP contribution >= 0.6 is 0 Å². The Morgan fingerprint density at radius 3 is 2.75 bits per heavy atom. The van der Waals surface area contributed by atoms with E-state index in [4.69, 9.17) is 4.74 Å². The molecule has 1 aromatic rings. The van der Waals surface area contributed by atoms with Crippen LogP contribution in [0.4, 0.5) is 4.39 Å². The highest BCUT2D eigenvalue weighted by atomic mass is 19.1. The van der Waals surface area contributed by atoms with Crippen LogP contribution in [0.5, 0.6) is 5.75 Å². The quantitative estimate of drug-likeness (QED) is 0.720. The molecule has 90 valence electrons. The van der Waals surface area contributed by atoms with Gasteiger partial charge in [0.25, 0.3) is 0 Å². The Balaban J connectivity index is 2.28. The minimum atomic E-state index is -0.295. The fourth-order valence-corrected chi connectivity index (χ4v) is 1.42. The lowest BCUT2D eigenvalue weighted by molar-refractivity contribution is 0.201. The zero-order valence-corrected chi connectivity index (χ0v) is 10.0. The molecule has 0 radical (unpaired) electrons. The molecule has 0 aliphatic heterocycles. The molecule has 0 saturated heterocycles. The van der Waals surface area contributed by atoms with Crippen LogP contribution in [0.25, 0.3) is 0 Å². The molecular weight excluding hydrogens is 205 g/mol. The van der Waals surface area contributed by atoms with E-state index in [0.717, 1.165) is 25.9 Å². The van der Waals surface area contributed by atoms with E-state index in [1.165, 1.54) is 6.07 Å². The number of halogens is 1. The van der Waals surface area contributed by atoms with Gasteiger partial charge in [-0.2, -0.15) is 0 Å². The van der Waals surface area contributed by atoms with Crippen molar-refractivity contribution in [2.24, 2.45) is 0 Å². The third kappa shape index (κ3) is 4.62. The molecule has 1 unspecified atom stereocenters. The van der Waals surface area contributed by atoms with Crippen LogP contribution in [0, 0.1) is 5.82 Å². The lowest BCUT2D eigenvalue weighted by atomic mass is 10.2. The summed E-state index contributed by atoms with van der Waals surface area (Å²) in [7, 11) is 0. The van der Waals surface area contributed by atoms with E-state index in [9.17, 15) is 4.39 Å². The fourth-order valence-electron chi connectivity index (χ4n) is 1.42. The Morgan fingerprint density at radius 1 is 1.31 bits per heavy atom. The molecule has 3 heteroatoms. The molecular formula is C13H20FNO. The summed E-state index contributed by atoms with van der Waals surface area (Å²) in [6, 6.07) is 6.51. The van der Waals surface area contributed by atoms with E-state index in [2.05, 4.69) is 12.2 Å². The summed E-state index contributed by atoms with van der Waals surface area (Å²) in [4.78, 5) is 0. The minimum absolute atomic E-state index is 0.0289. The van der Waals surface area contributed by atoms with Crippen LogP contribution in [0.1, 0.15) is 26.7 Å². The molecule has 0 aliphatic rings. The number of hydrogen-bond acceptors (Lipinski definition) is 2. The largest absolute Gasteiger partial charge is 0.488 e. The Hall–Kier alpha value is -1.09. The lowest BCUT2D eigenvalue weighted by Crippen LogP contribution is -2.23. The number of nitrogens with one attached hydrogen (secondary N) is 1. The second kappa shape index (κ2) is 7.23. The van der Waals surface area contributed by atoms with E-state index in [0.29, 0.717) is 5.75 Å². The molecule has 0 aliphatic carbocycles. The molecule has 2 nitrogen and oxygen atoms in total. The first-order chi connectivity index (χ1) is 7.74. The molecule has 1 N–H and O–H groups in total. The molecule has 0 amide bonds. The zero-order valence-electron chi connectivity index (χ0n) is 10.0. The van der Waals surface area contributed by atoms with Gasteiger partial charge in [0.15, 0.2) is 11.6 Å². The Morgan fingerprint density at radius 2 is 2.06 bits per heavy atom. The Bertz CT molecular complexity index is 304. The SMILES string of the molecule is CCCNCCC(C)Oc1ccccc1F. The van der Waals surface area contributed by atoms with Gasteiger partial charge in [-0.1, -0.05) is 19.1 Å². The number of hydrogen-bond donors (Lipinski definition) is 1. The van der Waals surface area contributed by atoms with Gasteiger partial charge in [-0.15, -0.1) is 0 Å². The van der Waals surface area contributed by atoms with Gasteiger partial charge in [0.05, 0.1) is 6.10 Å². The van der Waals surface area contributed by atoms with E-state index < -0.39 is 0 Å². The van der Waals surface area contributed by atoms with Crippen LogP contribution in [0.15, 0.2) is 24.3 Å². The summed E-state index contributed by atoms with van der Waals surface area (Å²) < 4.78 is 18.8. The highest BCUT2D eigenvalue weighted by Gasteiger charge is 2.06. The lowest BCUT2D eigenvalue weighted by Gasteiger charge is -2.15. The van der Waals surface area contributed by atoms with E-state index in [1.54, 1.807) is 18.2 Å². The second-order valence-corrected chi connectivity index (χ2v) is 3.90. The maximum absolute atomic E-state index is 13.3. The van der Waals surface area contributed by atoms with Gasteiger partial charge in [0.1, 0.15) is 0 Å². The number of benzene rings is 1. The topological polar surface area (TPSA) is 21.3 Å². The molecule has 0 bridgehead atoms. The minimum Gasteiger partial charge on any atom is -0.488 e. The molecule has 0 spiro atoms. The van der Waals surface area contributed by atoms with Gasteiger partial charge in [0, 0.05) is 0 Å². The van der Waals surface area contributed by atoms with E-state index in [1.807, 2.05) is 6.92 Å². The molecule has 0 saturated carbocycles. The summed E-state index contributed by atoms with van der Waals surface area (Å²) in [5.74, 6) is 0.0429. The van der Waals surface area contributed by atoms with Crippen molar-refractivity contribution in [2.75, 3.05) is 13.1 Å². The Labute approximate surface area is 96.8 Å². The number of ether oxygens (including phenoxy) is 1. The van der Waals surface area contributed by atoms with Crippen LogP contribution < -0.4 is 10.1 Å². The summed E-state index contributed by atoms with van der Waals surface area (Å²) >= 11 is 0. The molecule has 1 atom stereocenters. The average Bonchev–Trinajstić information content (AvgIpc) is 2.28. The summed E-state index contributed by atoms with van der Waals surface area (Å²) in [6.45, 7) is 6.02. The van der Waals surface area contributed by atoms with Crippen molar-refractivity contribution in [3.63, 3.8) is 0 Å². The molecule has 0 heterocycles. The highest BCUT2D eigenvalue weighted by molar-refractivity contribution is 5.23. The molecule has 16 heavy (non-hydrogen) atoms. The predicted molar refractivity (Wildman–Crippen MR) is 64.3 cm³/mol. The molecule has 0 fully saturated rings. The van der Waals surface area contributed by atoms with Crippen molar-refractivity contribution < 1.29 is 9.13 Å². The van der Waals surface area contributed by atoms with Crippen LogP contribution in [-0.2, 0) is 0 Å². The summed E-state index contributed by atoms with van der Waals surface area (Å²) in [5.41, 5.74) is 0. The van der Waals surface area contributed by atoms with Crippen molar-refractivity contribution >= 4 is 0 Å². The standard InChI is InChI=1S/C13H20FNO/c1-3-9-15-10-8-11(2)16-13-7-5-4-6-12(13)14/h4-7,11,15H,3,8-10H2,1-2H3. The van der Waals surface area contributed by atoms with Gasteiger partial charge in [0.2, 0.25) is 0 Å². The van der Waals surface area contributed by atoms with Gasteiger partial charge in [-0.25, -0.2) is 4.39 Å². The smallest absolute Gasteiger partial charge is 0.165 e. The number of para-hydroxylation sites is 1. The summed E-state index contributed by atoms with van der Waals surface area (Å²) in [5, 5.41) is 3.29. The van der Waals surface area contributed by atoms with Crippen LogP contribution in [0.3, 0.4) is 0 Å². The van der Waals surface area contributed by atoms with Gasteiger partial charge in [-0.3, -0.25) is 0 Å². The predicted octanol–water partition coefficient (Wildman–Crippen LogP) is 2.98. The Kier molecular flexibility index (Phi) is 5.86. The maximum atomic E-state index is 13.3. The van der Waals surface area contributed by atoms with Crippen molar-refractivity contribution in [3.8, 4) is 5.75 Å². The molecule has 1 aromatic carbocycles. The van der Waals surface area contributed by atoms with E-state index in [-0.39, 0.29) is 11.9 Å². The van der Waals surface area contributed by atoms with Crippen molar-refractivity contribution in [3.05, 3.63) is 30.1 Å². The third-order valence-corrected chi connectivity index (χ3v) is 2.32. The van der Waals surface area contributed by atoms with Crippen LogP contribution in [-0.4, -0.2) is 19.2 Å². The van der Waals surface area contributed by atoms with Crippen molar-refractivity contribution in [1.29, 1.82) is 0 Å². The monoisotopic (exact) mass is 225 g/mol. The summed E-state index contributed by atoms with van der Waals surface area (Å²) in [6.07, 6.45) is 2.04. The van der Waals surface area contributed by atoms with Gasteiger partial charge in [-0.05, 0) is 45.0 Å². The van der Waals surface area contributed by atoms with Crippen molar-refractivity contribution in [2.45, 2.75) is 32.8 Å². The first-order valence-corrected chi connectivity index (χ1v) is 5.86. The fraction of sp³-hybridized carbons (Fsp3) is 0.538. The molecule has 1 rings (SSSR count). The van der Waals surface area contributed by atoms with Crippen molar-refractivity contribution in [1.82, 2.24) is 5.32 Å². The van der Waals surface area contributed by atoms with Gasteiger partial charge >= 0.3 is 0 Å². The maximum Gasteiger partial charge on any atom is 0.165 e. The normalized spacial score (nSPS) is 12.4. The zero-order chi connectivity index (χ0) is 11.8. The van der Waals surface area contributed by atoms with Crippen LogP contribution in [0.2, 0.25) is 0 Å². The first kappa shape index (κ1) is 13.0. The van der Waals surface area contributed by atoms with Gasteiger partial charge < -0.3 is 10.1 Å². The van der Waals surface area contributed by atoms with E-state index >= 15 is 0 Å².